The van der Waals surface area contributed by atoms with Crippen LogP contribution in [-0.2, 0) is 16.6 Å². The second kappa shape index (κ2) is 9.89. The number of anilines is 1. The standard InChI is InChI=1S/C24H23ClFN3O3S/c25-19-9-7-18(8-10-19)17-29(33(31,32)21-13-11-20(26)12-14-21)23-6-4-5-22(27-23)24(30)28-15-2-1-3-16-28/h4-14H,1-3,15-17H2. The summed E-state index contributed by atoms with van der Waals surface area (Å²) in [5, 5.41) is 0.527. The molecule has 0 aliphatic carbocycles. The number of hydrogen-bond acceptors (Lipinski definition) is 4. The second-order valence-electron chi connectivity index (χ2n) is 7.83. The molecule has 0 N–H and O–H groups in total. The van der Waals surface area contributed by atoms with E-state index in [2.05, 4.69) is 4.98 Å². The van der Waals surface area contributed by atoms with E-state index < -0.39 is 15.8 Å². The van der Waals surface area contributed by atoms with Gasteiger partial charge in [-0.1, -0.05) is 29.8 Å². The molecule has 0 radical (unpaired) electrons. The molecule has 1 saturated heterocycles. The molecule has 4 rings (SSSR count). The Hall–Kier alpha value is -2.97. The minimum absolute atomic E-state index is 0.0365. The Kier molecular flexibility index (Phi) is 6.95. The summed E-state index contributed by atoms with van der Waals surface area (Å²) >= 11 is 5.97. The lowest BCUT2D eigenvalue weighted by Gasteiger charge is -2.27. The molecule has 0 unspecified atom stereocenters. The number of amides is 1. The van der Waals surface area contributed by atoms with Crippen molar-refractivity contribution in [3.05, 3.63) is 88.8 Å². The summed E-state index contributed by atoms with van der Waals surface area (Å²) in [6.45, 7) is 1.28. The Labute approximate surface area is 197 Å². The van der Waals surface area contributed by atoms with E-state index in [1.807, 2.05) is 0 Å². The molecule has 1 aliphatic heterocycles. The number of likely N-dealkylation sites (tertiary alicyclic amines) is 1. The number of carbonyl (C=O) groups excluding carboxylic acids is 1. The van der Waals surface area contributed by atoms with Crippen LogP contribution in [0.15, 0.2) is 71.6 Å². The maximum atomic E-state index is 13.5. The zero-order chi connectivity index (χ0) is 23.4. The van der Waals surface area contributed by atoms with Crippen molar-refractivity contribution in [2.24, 2.45) is 0 Å². The number of hydrogen-bond donors (Lipinski definition) is 0. The van der Waals surface area contributed by atoms with Crippen LogP contribution in [0.4, 0.5) is 10.2 Å². The number of aromatic nitrogens is 1. The number of pyridine rings is 1. The van der Waals surface area contributed by atoms with E-state index in [9.17, 15) is 17.6 Å². The molecule has 0 atom stereocenters. The maximum absolute atomic E-state index is 13.5. The molecule has 1 fully saturated rings. The predicted octanol–water partition coefficient (Wildman–Crippen LogP) is 4.90. The maximum Gasteiger partial charge on any atom is 0.272 e. The van der Waals surface area contributed by atoms with Gasteiger partial charge in [0, 0.05) is 18.1 Å². The highest BCUT2D eigenvalue weighted by molar-refractivity contribution is 7.92. The van der Waals surface area contributed by atoms with Crippen LogP contribution in [0.25, 0.3) is 0 Å². The van der Waals surface area contributed by atoms with Gasteiger partial charge in [-0.25, -0.2) is 22.1 Å². The fourth-order valence-electron chi connectivity index (χ4n) is 3.72. The summed E-state index contributed by atoms with van der Waals surface area (Å²) in [6.07, 6.45) is 2.96. The van der Waals surface area contributed by atoms with Gasteiger partial charge in [-0.15, -0.1) is 0 Å². The van der Waals surface area contributed by atoms with Gasteiger partial charge in [0.1, 0.15) is 17.3 Å². The first kappa shape index (κ1) is 23.2. The van der Waals surface area contributed by atoms with Crippen LogP contribution in [0, 0.1) is 5.82 Å². The van der Waals surface area contributed by atoms with Gasteiger partial charge in [0.25, 0.3) is 15.9 Å². The molecule has 9 heteroatoms. The molecule has 6 nitrogen and oxygen atoms in total. The molecule has 0 saturated carbocycles. The molecule has 33 heavy (non-hydrogen) atoms. The van der Waals surface area contributed by atoms with E-state index in [0.717, 1.165) is 35.7 Å². The highest BCUT2D eigenvalue weighted by atomic mass is 35.5. The average molecular weight is 488 g/mol. The van der Waals surface area contributed by atoms with E-state index in [1.54, 1.807) is 47.4 Å². The predicted molar refractivity (Wildman–Crippen MR) is 125 cm³/mol. The van der Waals surface area contributed by atoms with Gasteiger partial charge in [-0.05, 0) is 73.4 Å². The molecule has 3 aromatic rings. The van der Waals surface area contributed by atoms with E-state index in [1.165, 1.54) is 12.1 Å². The van der Waals surface area contributed by atoms with Crippen LogP contribution in [0.3, 0.4) is 0 Å². The third-order valence-electron chi connectivity index (χ3n) is 5.49. The molecule has 1 amide bonds. The van der Waals surface area contributed by atoms with Gasteiger partial charge in [-0.2, -0.15) is 0 Å². The number of nitrogens with zero attached hydrogens (tertiary/aromatic N) is 3. The fraction of sp³-hybridized carbons (Fsp3) is 0.250. The topological polar surface area (TPSA) is 70.6 Å². The Morgan fingerprint density at radius 3 is 2.30 bits per heavy atom. The molecule has 2 heterocycles. The Bertz CT molecular complexity index is 1230. The van der Waals surface area contributed by atoms with Crippen LogP contribution in [0.1, 0.15) is 35.3 Å². The van der Waals surface area contributed by atoms with Crippen LogP contribution in [0.5, 0.6) is 0 Å². The molecule has 1 aromatic heterocycles. The van der Waals surface area contributed by atoms with Gasteiger partial charge >= 0.3 is 0 Å². The summed E-state index contributed by atoms with van der Waals surface area (Å²) < 4.78 is 41.6. The zero-order valence-electron chi connectivity index (χ0n) is 17.8. The van der Waals surface area contributed by atoms with Crippen molar-refractivity contribution in [3.63, 3.8) is 0 Å². The summed E-state index contributed by atoms with van der Waals surface area (Å²) in [5.74, 6) is -0.648. The molecule has 0 bridgehead atoms. The van der Waals surface area contributed by atoms with Crippen molar-refractivity contribution in [2.75, 3.05) is 17.4 Å². The van der Waals surface area contributed by atoms with Gasteiger partial charge in [0.05, 0.1) is 11.4 Å². The average Bonchev–Trinajstić information content (AvgIpc) is 2.84. The lowest BCUT2D eigenvalue weighted by molar-refractivity contribution is 0.0718. The Balaban J connectivity index is 1.73. The quantitative estimate of drug-likeness (QED) is 0.496. The molecule has 2 aromatic carbocycles. The highest BCUT2D eigenvalue weighted by Crippen LogP contribution is 2.26. The molecule has 172 valence electrons. The minimum Gasteiger partial charge on any atom is -0.337 e. The normalized spacial score (nSPS) is 14.2. The van der Waals surface area contributed by atoms with Crippen molar-refractivity contribution < 1.29 is 17.6 Å². The highest BCUT2D eigenvalue weighted by Gasteiger charge is 2.28. The first-order valence-electron chi connectivity index (χ1n) is 10.6. The molecular weight excluding hydrogens is 465 g/mol. The lowest BCUT2D eigenvalue weighted by atomic mass is 10.1. The number of benzene rings is 2. The first-order chi connectivity index (χ1) is 15.8. The SMILES string of the molecule is O=C(c1cccc(N(Cc2ccc(Cl)cc2)S(=O)(=O)c2ccc(F)cc2)n1)N1CCCCC1. The monoisotopic (exact) mass is 487 g/mol. The van der Waals surface area contributed by atoms with E-state index >= 15 is 0 Å². The lowest BCUT2D eigenvalue weighted by Crippen LogP contribution is -2.36. The first-order valence-corrected chi connectivity index (χ1v) is 12.5. The van der Waals surface area contributed by atoms with Crippen molar-refractivity contribution in [1.82, 2.24) is 9.88 Å². The fourth-order valence-corrected chi connectivity index (χ4v) is 5.25. The van der Waals surface area contributed by atoms with Crippen LogP contribution >= 0.6 is 11.6 Å². The van der Waals surface area contributed by atoms with Crippen LogP contribution < -0.4 is 4.31 Å². The number of carbonyl (C=O) groups is 1. The van der Waals surface area contributed by atoms with Crippen molar-refractivity contribution in [3.8, 4) is 0 Å². The van der Waals surface area contributed by atoms with E-state index in [0.29, 0.717) is 23.7 Å². The number of rotatable bonds is 6. The summed E-state index contributed by atoms with van der Waals surface area (Å²) in [7, 11) is -4.10. The van der Waals surface area contributed by atoms with Crippen LogP contribution in [-0.4, -0.2) is 37.3 Å². The van der Waals surface area contributed by atoms with Crippen molar-refractivity contribution in [2.45, 2.75) is 30.7 Å². The van der Waals surface area contributed by atoms with Gasteiger partial charge < -0.3 is 4.90 Å². The van der Waals surface area contributed by atoms with Gasteiger partial charge in [0.15, 0.2) is 0 Å². The number of sulfonamides is 1. The van der Waals surface area contributed by atoms with Crippen LogP contribution in [0.2, 0.25) is 5.02 Å². The Morgan fingerprint density at radius 2 is 1.64 bits per heavy atom. The van der Waals surface area contributed by atoms with Gasteiger partial charge in [0.2, 0.25) is 0 Å². The van der Waals surface area contributed by atoms with E-state index in [4.69, 9.17) is 11.6 Å². The third kappa shape index (κ3) is 5.34. The van der Waals surface area contributed by atoms with Crippen molar-refractivity contribution >= 4 is 33.3 Å². The molecule has 0 spiro atoms. The summed E-state index contributed by atoms with van der Waals surface area (Å²) in [6, 6.07) is 16.1. The van der Waals surface area contributed by atoms with E-state index in [-0.39, 0.29) is 28.9 Å². The second-order valence-corrected chi connectivity index (χ2v) is 10.1. The molecule has 1 aliphatic rings. The zero-order valence-corrected chi connectivity index (χ0v) is 19.4. The smallest absolute Gasteiger partial charge is 0.272 e. The van der Waals surface area contributed by atoms with Gasteiger partial charge in [-0.3, -0.25) is 4.79 Å². The third-order valence-corrected chi connectivity index (χ3v) is 7.51. The minimum atomic E-state index is -4.10. The largest absolute Gasteiger partial charge is 0.337 e. The number of piperidine rings is 1. The summed E-state index contributed by atoms with van der Waals surface area (Å²) in [4.78, 5) is 19.1. The van der Waals surface area contributed by atoms with Crippen molar-refractivity contribution in [1.29, 1.82) is 0 Å². The Morgan fingerprint density at radius 1 is 0.970 bits per heavy atom. The summed E-state index contributed by atoms with van der Waals surface area (Å²) in [5.41, 5.74) is 0.865. The molecular formula is C24H23ClFN3O3S. The number of halogens is 2.